The van der Waals surface area contributed by atoms with Crippen molar-refractivity contribution in [3.63, 3.8) is 0 Å². The Bertz CT molecular complexity index is 528. The lowest BCUT2D eigenvalue weighted by Gasteiger charge is -2.46. The highest BCUT2D eigenvalue weighted by molar-refractivity contribution is 7.85. The second kappa shape index (κ2) is 5.37. The number of ether oxygens (including phenoxy) is 2. The van der Waals surface area contributed by atoms with E-state index in [-0.39, 0.29) is 10.9 Å². The molecule has 0 aromatic heterocycles. The molecule has 5 heteroatoms. The Morgan fingerprint density at radius 3 is 2.90 bits per heavy atom. The van der Waals surface area contributed by atoms with Crippen molar-refractivity contribution < 1.29 is 13.7 Å². The average molecular weight is 295 g/mol. The number of hydrogen-bond donors (Lipinski definition) is 1. The molecule has 3 rings (SSSR count). The maximum Gasteiger partial charge on any atom is 0.137 e. The Hall–Kier alpha value is -1.07. The number of nitrogen functional groups attached to an aromatic ring is 1. The first-order valence-electron chi connectivity index (χ1n) is 7.12. The zero-order chi connectivity index (χ0) is 14.2. The van der Waals surface area contributed by atoms with Crippen LogP contribution in [0.1, 0.15) is 32.1 Å². The summed E-state index contributed by atoms with van der Waals surface area (Å²) in [4.78, 5) is 0.753. The molecule has 0 bridgehead atoms. The van der Waals surface area contributed by atoms with Gasteiger partial charge in [-0.2, -0.15) is 0 Å². The van der Waals surface area contributed by atoms with Crippen molar-refractivity contribution in [3.05, 3.63) is 18.2 Å². The monoisotopic (exact) mass is 295 g/mol. The summed E-state index contributed by atoms with van der Waals surface area (Å²) in [5.41, 5.74) is 6.40. The number of hydrogen-bond acceptors (Lipinski definition) is 4. The predicted molar refractivity (Wildman–Crippen MR) is 79.4 cm³/mol. The van der Waals surface area contributed by atoms with Crippen molar-refractivity contribution in [2.75, 3.05) is 19.5 Å². The fraction of sp³-hybridized carbons (Fsp3) is 0.600. The number of benzene rings is 1. The van der Waals surface area contributed by atoms with E-state index in [1.807, 2.05) is 6.07 Å². The lowest BCUT2D eigenvalue weighted by molar-refractivity contribution is -0.125. The summed E-state index contributed by atoms with van der Waals surface area (Å²) >= 11 is 0. The highest BCUT2D eigenvalue weighted by atomic mass is 32.2. The van der Waals surface area contributed by atoms with Gasteiger partial charge in [-0.1, -0.05) is 0 Å². The van der Waals surface area contributed by atoms with Gasteiger partial charge in [-0.05, 0) is 44.2 Å². The summed E-state index contributed by atoms with van der Waals surface area (Å²) in [6, 6.07) is 5.35. The van der Waals surface area contributed by atoms with Crippen LogP contribution in [0.3, 0.4) is 0 Å². The van der Waals surface area contributed by atoms with Gasteiger partial charge in [0.2, 0.25) is 0 Å². The molecule has 1 spiro atoms. The Kier molecular flexibility index (Phi) is 3.73. The third-order valence-electron chi connectivity index (χ3n) is 4.42. The first kappa shape index (κ1) is 13.9. The minimum atomic E-state index is -1.06. The highest BCUT2D eigenvalue weighted by Gasteiger charge is 2.44. The maximum absolute atomic E-state index is 12.9. The number of rotatable bonds is 3. The van der Waals surface area contributed by atoms with Gasteiger partial charge in [0.25, 0.3) is 0 Å². The van der Waals surface area contributed by atoms with Crippen LogP contribution in [0, 0.1) is 0 Å². The van der Waals surface area contributed by atoms with Gasteiger partial charge in [0.15, 0.2) is 0 Å². The van der Waals surface area contributed by atoms with E-state index in [0.717, 1.165) is 30.6 Å². The van der Waals surface area contributed by atoms with E-state index >= 15 is 0 Å². The molecule has 4 nitrogen and oxygen atoms in total. The van der Waals surface area contributed by atoms with Crippen molar-refractivity contribution >= 4 is 16.5 Å². The molecule has 0 radical (unpaired) electrons. The summed E-state index contributed by atoms with van der Waals surface area (Å²) in [6.07, 6.45) is 5.19. The Balaban J connectivity index is 1.81. The SMILES string of the molecule is COc1cc(N)ccc1S(=O)C1CCOC2(CCC2)C1. The first-order valence-corrected chi connectivity index (χ1v) is 8.33. The van der Waals surface area contributed by atoms with Gasteiger partial charge >= 0.3 is 0 Å². The molecule has 1 aliphatic heterocycles. The molecule has 2 unspecified atom stereocenters. The van der Waals surface area contributed by atoms with Crippen LogP contribution >= 0.6 is 0 Å². The van der Waals surface area contributed by atoms with Crippen LogP contribution in [0.25, 0.3) is 0 Å². The molecule has 1 aromatic rings. The van der Waals surface area contributed by atoms with Crippen molar-refractivity contribution in [1.29, 1.82) is 0 Å². The van der Waals surface area contributed by atoms with Gasteiger partial charge in [0, 0.05) is 23.6 Å². The van der Waals surface area contributed by atoms with E-state index in [1.54, 1.807) is 19.2 Å². The predicted octanol–water partition coefficient (Wildman–Crippen LogP) is 2.49. The molecule has 2 aliphatic rings. The molecule has 110 valence electrons. The number of methoxy groups -OCH3 is 1. The molecule has 20 heavy (non-hydrogen) atoms. The standard InChI is InChI=1S/C15H21NO3S/c1-18-13-9-11(16)3-4-14(13)20(17)12-5-8-19-15(10-12)6-2-7-15/h3-4,9,12H,2,5-8,10,16H2,1H3. The lowest BCUT2D eigenvalue weighted by atomic mass is 9.75. The van der Waals surface area contributed by atoms with E-state index in [9.17, 15) is 4.21 Å². The Labute approximate surface area is 122 Å². The van der Waals surface area contributed by atoms with E-state index in [2.05, 4.69) is 0 Å². The minimum Gasteiger partial charge on any atom is -0.495 e. The van der Waals surface area contributed by atoms with Crippen LogP contribution in [-0.4, -0.2) is 28.8 Å². The van der Waals surface area contributed by atoms with Gasteiger partial charge in [-0.3, -0.25) is 4.21 Å². The third-order valence-corrected chi connectivity index (χ3v) is 6.20. The topological polar surface area (TPSA) is 61.5 Å². The molecule has 2 N–H and O–H groups in total. The van der Waals surface area contributed by atoms with E-state index < -0.39 is 10.8 Å². The van der Waals surface area contributed by atoms with Gasteiger partial charge in [-0.15, -0.1) is 0 Å². The fourth-order valence-electron chi connectivity index (χ4n) is 3.12. The van der Waals surface area contributed by atoms with Gasteiger partial charge in [0.05, 0.1) is 28.4 Å². The molecule has 1 aliphatic carbocycles. The summed E-state index contributed by atoms with van der Waals surface area (Å²) in [5, 5.41) is 0.154. The van der Waals surface area contributed by atoms with Crippen LogP contribution in [0.15, 0.2) is 23.1 Å². The van der Waals surface area contributed by atoms with Crippen molar-refractivity contribution in [3.8, 4) is 5.75 Å². The summed E-state index contributed by atoms with van der Waals surface area (Å²) in [6.45, 7) is 0.716. The second-order valence-electron chi connectivity index (χ2n) is 5.71. The summed E-state index contributed by atoms with van der Waals surface area (Å²) in [5.74, 6) is 0.623. The molecule has 0 amide bonds. The average Bonchev–Trinajstić information content (AvgIpc) is 2.45. The largest absolute Gasteiger partial charge is 0.495 e. The van der Waals surface area contributed by atoms with Crippen molar-refractivity contribution in [2.45, 2.75) is 47.9 Å². The van der Waals surface area contributed by atoms with Crippen LogP contribution in [0.2, 0.25) is 0 Å². The second-order valence-corrected chi connectivity index (χ2v) is 7.41. The Morgan fingerprint density at radius 1 is 1.45 bits per heavy atom. The number of anilines is 1. The smallest absolute Gasteiger partial charge is 0.137 e. The normalized spacial score (nSPS) is 25.9. The maximum atomic E-state index is 12.9. The van der Waals surface area contributed by atoms with Crippen molar-refractivity contribution in [1.82, 2.24) is 0 Å². The molecule has 2 fully saturated rings. The molecular formula is C15H21NO3S. The van der Waals surface area contributed by atoms with Crippen molar-refractivity contribution in [2.24, 2.45) is 0 Å². The molecular weight excluding hydrogens is 274 g/mol. The Morgan fingerprint density at radius 2 is 2.25 bits per heavy atom. The molecule has 1 saturated carbocycles. The van der Waals surface area contributed by atoms with Crippen LogP contribution in [-0.2, 0) is 15.5 Å². The van der Waals surface area contributed by atoms with E-state index in [4.69, 9.17) is 15.2 Å². The van der Waals surface area contributed by atoms with Gasteiger partial charge in [0.1, 0.15) is 5.75 Å². The fourth-order valence-corrected chi connectivity index (χ4v) is 4.78. The molecule has 1 heterocycles. The van der Waals surface area contributed by atoms with Gasteiger partial charge in [-0.25, -0.2) is 0 Å². The van der Waals surface area contributed by atoms with E-state index in [0.29, 0.717) is 18.0 Å². The molecule has 1 aromatic carbocycles. The third kappa shape index (κ3) is 2.44. The summed E-state index contributed by atoms with van der Waals surface area (Å²) in [7, 11) is 0.526. The van der Waals surface area contributed by atoms with Crippen LogP contribution < -0.4 is 10.5 Å². The van der Waals surface area contributed by atoms with Crippen LogP contribution in [0.5, 0.6) is 5.75 Å². The van der Waals surface area contributed by atoms with Crippen LogP contribution in [0.4, 0.5) is 5.69 Å². The number of nitrogens with two attached hydrogens (primary N) is 1. The quantitative estimate of drug-likeness (QED) is 0.870. The summed E-state index contributed by atoms with van der Waals surface area (Å²) < 4.78 is 24.1. The van der Waals surface area contributed by atoms with Gasteiger partial charge < -0.3 is 15.2 Å². The zero-order valence-electron chi connectivity index (χ0n) is 11.8. The molecule has 1 saturated heterocycles. The highest BCUT2D eigenvalue weighted by Crippen LogP contribution is 2.44. The molecule has 2 atom stereocenters. The van der Waals surface area contributed by atoms with E-state index in [1.165, 1.54) is 6.42 Å². The first-order chi connectivity index (χ1) is 9.63. The minimum absolute atomic E-state index is 0.0135. The lowest BCUT2D eigenvalue weighted by Crippen LogP contribution is -2.48. The zero-order valence-corrected chi connectivity index (χ0v) is 12.6.